The summed E-state index contributed by atoms with van der Waals surface area (Å²) in [6.45, 7) is 1.56. The van der Waals surface area contributed by atoms with Crippen molar-refractivity contribution in [2.24, 2.45) is 0 Å². The summed E-state index contributed by atoms with van der Waals surface area (Å²) in [6.07, 6.45) is 0.941. The molecule has 0 aromatic carbocycles. The third-order valence-electron chi connectivity index (χ3n) is 1.37. The van der Waals surface area contributed by atoms with Crippen molar-refractivity contribution in [3.63, 3.8) is 0 Å². The second-order valence-electron chi connectivity index (χ2n) is 2.33. The van der Waals surface area contributed by atoms with Crippen molar-refractivity contribution in [3.8, 4) is 0 Å². The van der Waals surface area contributed by atoms with Crippen molar-refractivity contribution in [2.75, 3.05) is 11.5 Å². The number of hydrogen-bond acceptors (Lipinski definition) is 3. The van der Waals surface area contributed by atoms with E-state index in [1.165, 1.54) is 11.8 Å². The van der Waals surface area contributed by atoms with Crippen molar-refractivity contribution in [1.29, 1.82) is 0 Å². The molecular formula is C6H10O2S2. The number of hydrogen-bond donors (Lipinski definition) is 0. The lowest BCUT2D eigenvalue weighted by molar-refractivity contribution is -0.109. The van der Waals surface area contributed by atoms with Gasteiger partial charge in [0.15, 0.2) is 5.12 Å². The van der Waals surface area contributed by atoms with Crippen molar-refractivity contribution in [3.05, 3.63) is 0 Å². The highest BCUT2D eigenvalue weighted by Crippen LogP contribution is 2.22. The monoisotopic (exact) mass is 178 g/mol. The lowest BCUT2D eigenvalue weighted by Crippen LogP contribution is -2.04. The maximum atomic E-state index is 10.8. The third kappa shape index (κ3) is 2.42. The summed E-state index contributed by atoms with van der Waals surface area (Å²) in [7, 11) is -0.642. The first-order valence-corrected chi connectivity index (χ1v) is 5.57. The molecule has 2 nitrogen and oxygen atoms in total. The van der Waals surface area contributed by atoms with Gasteiger partial charge in [0.05, 0.1) is 0 Å². The first-order valence-electron chi connectivity index (χ1n) is 3.20. The van der Waals surface area contributed by atoms with Crippen LogP contribution in [0.25, 0.3) is 0 Å². The van der Waals surface area contributed by atoms with Gasteiger partial charge in [0.25, 0.3) is 0 Å². The molecule has 0 amide bonds. The van der Waals surface area contributed by atoms with E-state index in [0.29, 0.717) is 11.0 Å². The fourth-order valence-electron chi connectivity index (χ4n) is 0.965. The Morgan fingerprint density at radius 3 is 2.80 bits per heavy atom. The number of carbonyl (C=O) groups excluding carboxylic acids is 1. The number of carbonyl (C=O) groups is 1. The second-order valence-corrected chi connectivity index (χ2v) is 5.43. The van der Waals surface area contributed by atoms with E-state index < -0.39 is 10.8 Å². The predicted octanol–water partition coefficient (Wildman–Crippen LogP) is 0.787. The molecule has 0 aromatic heterocycles. The summed E-state index contributed by atoms with van der Waals surface area (Å²) < 4.78 is 10.8. The van der Waals surface area contributed by atoms with Gasteiger partial charge in [0.2, 0.25) is 0 Å². The highest BCUT2D eigenvalue weighted by molar-refractivity contribution is 8.14. The Kier molecular flexibility index (Phi) is 2.92. The smallest absolute Gasteiger partial charge is 0.186 e. The summed E-state index contributed by atoms with van der Waals surface area (Å²) in [5, 5.41) is 0.474. The predicted molar refractivity (Wildman–Crippen MR) is 44.6 cm³/mol. The average molecular weight is 178 g/mol. The first-order chi connectivity index (χ1) is 4.68. The Morgan fingerprint density at radius 1 is 1.70 bits per heavy atom. The van der Waals surface area contributed by atoms with Gasteiger partial charge in [-0.05, 0) is 6.42 Å². The molecule has 0 aromatic rings. The first kappa shape index (κ1) is 8.27. The molecule has 0 unspecified atom stereocenters. The van der Waals surface area contributed by atoms with Gasteiger partial charge in [-0.3, -0.25) is 9.00 Å². The number of rotatable bonds is 1. The summed E-state index contributed by atoms with van der Waals surface area (Å²) in [5.41, 5.74) is 0. The van der Waals surface area contributed by atoms with Crippen LogP contribution in [0.5, 0.6) is 0 Å². The largest absolute Gasteiger partial charge is 0.288 e. The van der Waals surface area contributed by atoms with Gasteiger partial charge in [0, 0.05) is 34.5 Å². The van der Waals surface area contributed by atoms with Crippen LogP contribution < -0.4 is 0 Å². The van der Waals surface area contributed by atoms with Crippen LogP contribution >= 0.6 is 11.8 Å². The molecule has 10 heavy (non-hydrogen) atoms. The SMILES string of the molecule is CC(=O)S[C@@H]1CC[S@](=O)C1. The van der Waals surface area contributed by atoms with Gasteiger partial charge in [0.1, 0.15) is 0 Å². The standard InChI is InChI=1S/C6H10O2S2/c1-5(7)9-6-2-3-10(8)4-6/h6H,2-4H2,1H3/t6-,10+/m1/s1. The Balaban J connectivity index is 2.31. The van der Waals surface area contributed by atoms with Crippen LogP contribution in [0.2, 0.25) is 0 Å². The van der Waals surface area contributed by atoms with Gasteiger partial charge in [-0.2, -0.15) is 0 Å². The Hall–Kier alpha value is 0.170. The molecule has 0 aliphatic carbocycles. The van der Waals surface area contributed by atoms with Gasteiger partial charge < -0.3 is 0 Å². The van der Waals surface area contributed by atoms with E-state index in [9.17, 15) is 9.00 Å². The van der Waals surface area contributed by atoms with E-state index in [4.69, 9.17) is 0 Å². The van der Waals surface area contributed by atoms with Crippen LogP contribution in [0.15, 0.2) is 0 Å². The Morgan fingerprint density at radius 2 is 2.40 bits per heavy atom. The molecule has 0 bridgehead atoms. The molecule has 1 aliphatic rings. The fraction of sp³-hybridized carbons (Fsp3) is 0.833. The highest BCUT2D eigenvalue weighted by atomic mass is 32.2. The maximum absolute atomic E-state index is 10.8. The lowest BCUT2D eigenvalue weighted by Gasteiger charge is -2.01. The molecule has 1 aliphatic heterocycles. The lowest BCUT2D eigenvalue weighted by atomic mass is 10.4. The molecule has 0 spiro atoms. The summed E-state index contributed by atoms with van der Waals surface area (Å²) in [5.74, 6) is 1.50. The van der Waals surface area contributed by atoms with Crippen LogP contribution in [0, 0.1) is 0 Å². The molecule has 0 radical (unpaired) electrons. The molecule has 0 saturated carbocycles. The molecule has 0 N–H and O–H groups in total. The van der Waals surface area contributed by atoms with E-state index >= 15 is 0 Å². The molecular weight excluding hydrogens is 168 g/mol. The van der Waals surface area contributed by atoms with Crippen molar-refractivity contribution < 1.29 is 9.00 Å². The van der Waals surface area contributed by atoms with Crippen LogP contribution in [0.3, 0.4) is 0 Å². The molecule has 1 fully saturated rings. The summed E-state index contributed by atoms with van der Waals surface area (Å²) >= 11 is 1.33. The van der Waals surface area contributed by atoms with Crippen molar-refractivity contribution in [1.82, 2.24) is 0 Å². The van der Waals surface area contributed by atoms with Gasteiger partial charge in [-0.15, -0.1) is 0 Å². The average Bonchev–Trinajstić information content (AvgIpc) is 2.13. The molecule has 58 valence electrons. The molecule has 4 heteroatoms. The molecule has 1 saturated heterocycles. The van der Waals surface area contributed by atoms with Gasteiger partial charge >= 0.3 is 0 Å². The molecule has 1 rings (SSSR count). The minimum Gasteiger partial charge on any atom is -0.288 e. The zero-order valence-corrected chi connectivity index (χ0v) is 7.46. The van der Waals surface area contributed by atoms with E-state index in [-0.39, 0.29) is 5.12 Å². The zero-order valence-electron chi connectivity index (χ0n) is 5.83. The van der Waals surface area contributed by atoms with Gasteiger partial charge in [-0.25, -0.2) is 0 Å². The van der Waals surface area contributed by atoms with E-state index in [2.05, 4.69) is 0 Å². The van der Waals surface area contributed by atoms with E-state index in [0.717, 1.165) is 12.2 Å². The summed E-state index contributed by atoms with van der Waals surface area (Å²) in [4.78, 5) is 10.6. The van der Waals surface area contributed by atoms with Crippen LogP contribution in [0.1, 0.15) is 13.3 Å². The Bertz CT molecular complexity index is 167. The van der Waals surface area contributed by atoms with Crippen LogP contribution in [0.4, 0.5) is 0 Å². The van der Waals surface area contributed by atoms with Crippen LogP contribution in [-0.2, 0) is 15.6 Å². The topological polar surface area (TPSA) is 34.1 Å². The quantitative estimate of drug-likeness (QED) is 0.595. The Labute approximate surface area is 67.2 Å². The maximum Gasteiger partial charge on any atom is 0.186 e. The van der Waals surface area contributed by atoms with Crippen LogP contribution in [-0.4, -0.2) is 26.1 Å². The third-order valence-corrected chi connectivity index (χ3v) is 4.12. The fourth-order valence-corrected chi connectivity index (χ4v) is 3.84. The zero-order chi connectivity index (χ0) is 7.56. The second kappa shape index (κ2) is 3.53. The van der Waals surface area contributed by atoms with E-state index in [1.807, 2.05) is 0 Å². The van der Waals surface area contributed by atoms with E-state index in [1.54, 1.807) is 6.92 Å². The highest BCUT2D eigenvalue weighted by Gasteiger charge is 2.22. The molecule has 2 atom stereocenters. The molecule has 1 heterocycles. The van der Waals surface area contributed by atoms with Crippen molar-refractivity contribution >= 4 is 27.7 Å². The minimum atomic E-state index is -0.642. The number of thioether (sulfide) groups is 1. The normalized spacial score (nSPS) is 32.5. The van der Waals surface area contributed by atoms with Gasteiger partial charge in [-0.1, -0.05) is 11.8 Å². The minimum absolute atomic E-state index is 0.143. The summed E-state index contributed by atoms with van der Waals surface area (Å²) in [6, 6.07) is 0. The van der Waals surface area contributed by atoms with Crippen molar-refractivity contribution in [2.45, 2.75) is 18.6 Å².